The number of halogens is 1. The number of nitrogens with one attached hydrogen (secondary N) is 1. The number of hydrogen-bond donors (Lipinski definition) is 2. The second kappa shape index (κ2) is 5.51. The summed E-state index contributed by atoms with van der Waals surface area (Å²) in [4.78, 5) is 8.01. The Hall–Kier alpha value is -1.07. The van der Waals surface area contributed by atoms with Gasteiger partial charge < -0.3 is 15.8 Å². The summed E-state index contributed by atoms with van der Waals surface area (Å²) in [6.07, 6.45) is 5.59. The maximum absolute atomic E-state index is 5.78. The van der Waals surface area contributed by atoms with Gasteiger partial charge in [0.2, 0.25) is 0 Å². The average Bonchev–Trinajstić information content (AvgIpc) is 2.70. The van der Waals surface area contributed by atoms with E-state index in [4.69, 9.17) is 22.1 Å². The molecule has 2 unspecified atom stereocenters. The zero-order valence-corrected chi connectivity index (χ0v) is 10.6. The van der Waals surface area contributed by atoms with Crippen LogP contribution in [0.4, 0.5) is 11.6 Å². The summed E-state index contributed by atoms with van der Waals surface area (Å²) in [7, 11) is 0. The molecule has 2 atom stereocenters. The Balaban J connectivity index is 1.76. The first-order valence-electron chi connectivity index (χ1n) is 5.82. The molecule has 1 aromatic rings. The molecule has 0 aliphatic carbocycles. The highest BCUT2D eigenvalue weighted by Gasteiger charge is 2.20. The van der Waals surface area contributed by atoms with Gasteiger partial charge in [0.25, 0.3) is 0 Å². The number of nitrogens with two attached hydrogens (primary N) is 1. The van der Waals surface area contributed by atoms with Crippen LogP contribution >= 0.6 is 11.6 Å². The molecule has 2 rings (SSSR count). The van der Waals surface area contributed by atoms with E-state index >= 15 is 0 Å². The highest BCUT2D eigenvalue weighted by atomic mass is 35.5. The standard InChI is InChI=1S/C11H17ClN4O/c1-7-2-3-8(17-7)4-5-14-9-6-15-11(13)10(12)16-9/h6-8H,2-5H2,1H3,(H2,13,15)(H,14,16). The van der Waals surface area contributed by atoms with Gasteiger partial charge in [0.05, 0.1) is 18.4 Å². The van der Waals surface area contributed by atoms with Gasteiger partial charge in [-0.05, 0) is 26.2 Å². The summed E-state index contributed by atoms with van der Waals surface area (Å²) >= 11 is 5.78. The Bertz CT molecular complexity index is 388. The van der Waals surface area contributed by atoms with Crippen molar-refractivity contribution in [3.63, 3.8) is 0 Å². The molecule has 94 valence electrons. The maximum atomic E-state index is 5.78. The van der Waals surface area contributed by atoms with E-state index in [0.717, 1.165) is 25.8 Å². The van der Waals surface area contributed by atoms with Crippen molar-refractivity contribution in [1.82, 2.24) is 9.97 Å². The molecule has 5 nitrogen and oxygen atoms in total. The summed E-state index contributed by atoms with van der Waals surface area (Å²) < 4.78 is 5.72. The van der Waals surface area contributed by atoms with Crippen molar-refractivity contribution in [2.24, 2.45) is 0 Å². The molecule has 0 radical (unpaired) electrons. The van der Waals surface area contributed by atoms with E-state index in [1.54, 1.807) is 6.20 Å². The van der Waals surface area contributed by atoms with E-state index in [2.05, 4.69) is 22.2 Å². The second-order valence-electron chi connectivity index (χ2n) is 4.29. The quantitative estimate of drug-likeness (QED) is 0.863. The first-order valence-corrected chi connectivity index (χ1v) is 6.20. The smallest absolute Gasteiger partial charge is 0.173 e. The largest absolute Gasteiger partial charge is 0.381 e. The fourth-order valence-electron chi connectivity index (χ4n) is 1.92. The average molecular weight is 257 g/mol. The molecular formula is C11H17ClN4O. The van der Waals surface area contributed by atoms with Crippen LogP contribution in [0.5, 0.6) is 0 Å². The third kappa shape index (κ3) is 3.44. The zero-order chi connectivity index (χ0) is 12.3. The van der Waals surface area contributed by atoms with Crippen molar-refractivity contribution in [2.75, 3.05) is 17.6 Å². The lowest BCUT2D eigenvalue weighted by atomic mass is 10.1. The van der Waals surface area contributed by atoms with Crippen molar-refractivity contribution < 1.29 is 4.74 Å². The number of ether oxygens (including phenoxy) is 1. The van der Waals surface area contributed by atoms with Crippen LogP contribution < -0.4 is 11.1 Å². The van der Waals surface area contributed by atoms with Gasteiger partial charge >= 0.3 is 0 Å². The predicted molar refractivity (Wildman–Crippen MR) is 68.1 cm³/mol. The molecule has 1 aliphatic rings. The van der Waals surface area contributed by atoms with Gasteiger partial charge in [-0.3, -0.25) is 0 Å². The summed E-state index contributed by atoms with van der Waals surface area (Å²) in [5.41, 5.74) is 5.48. The van der Waals surface area contributed by atoms with E-state index in [1.165, 1.54) is 0 Å². The molecule has 0 saturated carbocycles. The van der Waals surface area contributed by atoms with E-state index in [0.29, 0.717) is 18.0 Å². The molecule has 1 aromatic heterocycles. The van der Waals surface area contributed by atoms with Gasteiger partial charge in [0, 0.05) is 6.54 Å². The number of nitrogens with zero attached hydrogens (tertiary/aromatic N) is 2. The summed E-state index contributed by atoms with van der Waals surface area (Å²) in [5.74, 6) is 0.903. The third-order valence-corrected chi connectivity index (χ3v) is 3.13. The SMILES string of the molecule is CC1CCC(CCNc2cnc(N)c(Cl)n2)O1. The van der Waals surface area contributed by atoms with Crippen molar-refractivity contribution in [2.45, 2.75) is 38.4 Å². The minimum atomic E-state index is 0.237. The van der Waals surface area contributed by atoms with E-state index in [-0.39, 0.29) is 11.0 Å². The lowest BCUT2D eigenvalue weighted by Gasteiger charge is -2.11. The lowest BCUT2D eigenvalue weighted by molar-refractivity contribution is 0.0531. The normalized spacial score (nSPS) is 23.9. The van der Waals surface area contributed by atoms with Crippen LogP contribution in [0, 0.1) is 0 Å². The second-order valence-corrected chi connectivity index (χ2v) is 4.65. The van der Waals surface area contributed by atoms with Crippen molar-refractivity contribution >= 4 is 23.2 Å². The topological polar surface area (TPSA) is 73.1 Å². The van der Waals surface area contributed by atoms with E-state index < -0.39 is 0 Å². The van der Waals surface area contributed by atoms with Crippen LogP contribution in [0.2, 0.25) is 5.15 Å². The Morgan fingerprint density at radius 1 is 1.59 bits per heavy atom. The Morgan fingerprint density at radius 2 is 2.41 bits per heavy atom. The number of anilines is 2. The molecule has 1 aliphatic heterocycles. The maximum Gasteiger partial charge on any atom is 0.173 e. The third-order valence-electron chi connectivity index (χ3n) is 2.85. The van der Waals surface area contributed by atoms with E-state index in [9.17, 15) is 0 Å². The number of hydrogen-bond acceptors (Lipinski definition) is 5. The Labute approximate surface area is 106 Å². The molecule has 3 N–H and O–H groups in total. The van der Waals surface area contributed by atoms with Gasteiger partial charge in [-0.25, -0.2) is 9.97 Å². The van der Waals surface area contributed by atoms with Crippen LogP contribution in [0.1, 0.15) is 26.2 Å². The van der Waals surface area contributed by atoms with Gasteiger partial charge in [0.15, 0.2) is 11.0 Å². The van der Waals surface area contributed by atoms with Crippen molar-refractivity contribution in [3.8, 4) is 0 Å². The molecule has 0 amide bonds. The molecular weight excluding hydrogens is 240 g/mol. The van der Waals surface area contributed by atoms with Gasteiger partial charge in [-0.15, -0.1) is 0 Å². The molecule has 6 heteroatoms. The zero-order valence-electron chi connectivity index (χ0n) is 9.82. The lowest BCUT2D eigenvalue weighted by Crippen LogP contribution is -2.14. The van der Waals surface area contributed by atoms with Gasteiger partial charge in [0.1, 0.15) is 5.82 Å². The molecule has 2 heterocycles. The van der Waals surface area contributed by atoms with Crippen LogP contribution in [0.15, 0.2) is 6.20 Å². The Kier molecular flexibility index (Phi) is 4.02. The minimum Gasteiger partial charge on any atom is -0.381 e. The van der Waals surface area contributed by atoms with Crippen LogP contribution in [-0.2, 0) is 4.74 Å². The van der Waals surface area contributed by atoms with Crippen molar-refractivity contribution in [3.05, 3.63) is 11.3 Å². The first-order chi connectivity index (χ1) is 8.15. The fraction of sp³-hybridized carbons (Fsp3) is 0.636. The van der Waals surface area contributed by atoms with Crippen LogP contribution in [-0.4, -0.2) is 28.7 Å². The molecule has 1 saturated heterocycles. The first kappa shape index (κ1) is 12.4. The van der Waals surface area contributed by atoms with Crippen LogP contribution in [0.25, 0.3) is 0 Å². The summed E-state index contributed by atoms with van der Waals surface area (Å²) in [6.45, 7) is 2.91. The number of nitrogen functional groups attached to an aromatic ring is 1. The highest BCUT2D eigenvalue weighted by Crippen LogP contribution is 2.21. The molecule has 1 fully saturated rings. The van der Waals surface area contributed by atoms with Gasteiger partial charge in [-0.1, -0.05) is 11.6 Å². The van der Waals surface area contributed by atoms with Gasteiger partial charge in [-0.2, -0.15) is 0 Å². The van der Waals surface area contributed by atoms with Crippen molar-refractivity contribution in [1.29, 1.82) is 0 Å². The minimum absolute atomic E-state index is 0.237. The number of aromatic nitrogens is 2. The van der Waals surface area contributed by atoms with E-state index in [1.807, 2.05) is 0 Å². The fourth-order valence-corrected chi connectivity index (χ4v) is 2.06. The van der Waals surface area contributed by atoms with Crippen LogP contribution in [0.3, 0.4) is 0 Å². The summed E-state index contributed by atoms with van der Waals surface area (Å²) in [5, 5.41) is 3.40. The Morgan fingerprint density at radius 3 is 3.06 bits per heavy atom. The molecule has 17 heavy (non-hydrogen) atoms. The highest BCUT2D eigenvalue weighted by molar-refractivity contribution is 6.31. The number of rotatable bonds is 4. The molecule has 0 bridgehead atoms. The monoisotopic (exact) mass is 256 g/mol. The molecule has 0 aromatic carbocycles. The summed E-state index contributed by atoms with van der Waals surface area (Å²) in [6, 6.07) is 0. The predicted octanol–water partition coefficient (Wildman–Crippen LogP) is 2.08. The molecule has 0 spiro atoms.